The first kappa shape index (κ1) is 17.9. The number of anilines is 1. The Bertz CT molecular complexity index is 1500. The van der Waals surface area contributed by atoms with E-state index in [0.29, 0.717) is 5.82 Å². The smallest absolute Gasteiger partial charge is 0.183 e. The number of imidazole rings is 1. The second kappa shape index (κ2) is 6.61. The summed E-state index contributed by atoms with van der Waals surface area (Å²) >= 11 is 0. The number of ether oxygens (including phenoxy) is 1. The molecule has 8 heteroatoms. The van der Waals surface area contributed by atoms with Gasteiger partial charge in [0.15, 0.2) is 5.82 Å². The van der Waals surface area contributed by atoms with Gasteiger partial charge in [-0.15, -0.1) is 0 Å². The third kappa shape index (κ3) is 2.53. The van der Waals surface area contributed by atoms with E-state index in [4.69, 9.17) is 9.72 Å². The van der Waals surface area contributed by atoms with Crippen molar-refractivity contribution in [2.75, 3.05) is 31.2 Å². The third-order valence-electron chi connectivity index (χ3n) is 6.45. The lowest BCUT2D eigenvalue weighted by atomic mass is 10.0. The molecule has 3 aromatic heterocycles. The van der Waals surface area contributed by atoms with Crippen LogP contribution in [0.4, 0.5) is 5.69 Å². The van der Waals surface area contributed by atoms with Crippen LogP contribution in [0, 0.1) is 6.92 Å². The summed E-state index contributed by atoms with van der Waals surface area (Å²) < 4.78 is 7.88. The minimum atomic E-state index is 0.676. The fourth-order valence-electron chi connectivity index (χ4n) is 5.00. The quantitative estimate of drug-likeness (QED) is 0.459. The second-order valence-corrected chi connectivity index (χ2v) is 8.39. The Morgan fingerprint density at radius 2 is 1.97 bits per heavy atom. The van der Waals surface area contributed by atoms with Gasteiger partial charge in [0.2, 0.25) is 0 Å². The number of rotatable bonds is 2. The number of nitrogens with zero attached hydrogens (tertiary/aromatic N) is 6. The zero-order valence-electron chi connectivity index (χ0n) is 17.7. The molecule has 7 rings (SSSR count). The Morgan fingerprint density at radius 3 is 2.81 bits per heavy atom. The molecule has 0 spiro atoms. The predicted molar refractivity (Wildman–Crippen MR) is 122 cm³/mol. The average Bonchev–Trinajstić information content (AvgIpc) is 3.43. The number of fused-ring (bicyclic) bond motifs is 4. The normalized spacial score (nSPS) is 15.5. The number of pyridine rings is 1. The van der Waals surface area contributed by atoms with Gasteiger partial charge in [-0.1, -0.05) is 12.1 Å². The molecule has 2 aliphatic heterocycles. The Morgan fingerprint density at radius 1 is 1.06 bits per heavy atom. The number of nitrogens with one attached hydrogen (secondary N) is 1. The van der Waals surface area contributed by atoms with Crippen molar-refractivity contribution in [3.05, 3.63) is 59.8 Å². The van der Waals surface area contributed by atoms with E-state index in [1.807, 2.05) is 13.1 Å². The summed E-state index contributed by atoms with van der Waals surface area (Å²) in [7, 11) is 0. The van der Waals surface area contributed by atoms with Gasteiger partial charge in [-0.05, 0) is 36.8 Å². The van der Waals surface area contributed by atoms with Crippen LogP contribution in [-0.2, 0) is 11.2 Å². The van der Waals surface area contributed by atoms with Crippen molar-refractivity contribution in [2.24, 2.45) is 0 Å². The topological polar surface area (TPSA) is 84.8 Å². The standard InChI is InChI=1S/C24H21N7O/c1-14-26-24(29-28-14)17-12-16(30-7-9-32-10-8-30)13-20-23(17)27-21-11-15-3-2-4-18-22(15)19(31(20)21)5-6-25-18/h2-6,12-13H,7-11H2,1H3,(H,26,28,29). The molecule has 1 saturated heterocycles. The van der Waals surface area contributed by atoms with Crippen LogP contribution in [0.5, 0.6) is 0 Å². The van der Waals surface area contributed by atoms with Gasteiger partial charge in [0.25, 0.3) is 0 Å². The summed E-state index contributed by atoms with van der Waals surface area (Å²) in [6.07, 6.45) is 2.65. The second-order valence-electron chi connectivity index (χ2n) is 8.39. The first-order valence-corrected chi connectivity index (χ1v) is 10.9. The van der Waals surface area contributed by atoms with Crippen LogP contribution in [0.2, 0.25) is 0 Å². The summed E-state index contributed by atoms with van der Waals surface area (Å²) in [6.45, 7) is 5.11. The van der Waals surface area contributed by atoms with Gasteiger partial charge in [0.05, 0.1) is 35.5 Å². The monoisotopic (exact) mass is 423 g/mol. The van der Waals surface area contributed by atoms with Gasteiger partial charge in [-0.3, -0.25) is 14.6 Å². The van der Waals surface area contributed by atoms with Crippen LogP contribution in [0.25, 0.3) is 39.0 Å². The lowest BCUT2D eigenvalue weighted by Crippen LogP contribution is -2.36. The Labute approximate surface area is 183 Å². The van der Waals surface area contributed by atoms with Gasteiger partial charge in [-0.2, -0.15) is 5.10 Å². The fraction of sp³-hybridized carbons (Fsp3) is 0.250. The van der Waals surface area contributed by atoms with E-state index in [9.17, 15) is 0 Å². The summed E-state index contributed by atoms with van der Waals surface area (Å²) in [5, 5.41) is 8.66. The molecule has 0 unspecified atom stereocenters. The minimum absolute atomic E-state index is 0.676. The number of H-pyrrole nitrogens is 1. The van der Waals surface area contributed by atoms with Crippen LogP contribution in [0.1, 0.15) is 17.2 Å². The summed E-state index contributed by atoms with van der Waals surface area (Å²) in [5.41, 5.74) is 7.50. The highest BCUT2D eigenvalue weighted by Crippen LogP contribution is 2.39. The van der Waals surface area contributed by atoms with Gasteiger partial charge < -0.3 is 9.64 Å². The maximum atomic E-state index is 5.58. The molecule has 0 radical (unpaired) electrons. The molecule has 32 heavy (non-hydrogen) atoms. The van der Waals surface area contributed by atoms with Gasteiger partial charge in [0.1, 0.15) is 17.2 Å². The third-order valence-corrected chi connectivity index (χ3v) is 6.45. The Hall–Kier alpha value is -3.78. The lowest BCUT2D eigenvalue weighted by molar-refractivity contribution is 0.122. The molecule has 0 aliphatic carbocycles. The molecule has 0 saturated carbocycles. The molecule has 0 amide bonds. The SMILES string of the molecule is Cc1nc(-c2cc(N3CCOCC3)cc3c2nc2n3-c3ccnc4cccc(c34)C2)n[nH]1. The van der Waals surface area contributed by atoms with E-state index in [1.54, 1.807) is 0 Å². The molecule has 1 N–H and O–H groups in total. The zero-order chi connectivity index (χ0) is 21.2. The van der Waals surface area contributed by atoms with E-state index < -0.39 is 0 Å². The number of morpholine rings is 1. The Balaban J connectivity index is 1.55. The fourth-order valence-corrected chi connectivity index (χ4v) is 5.00. The molecular weight excluding hydrogens is 402 g/mol. The van der Waals surface area contributed by atoms with Gasteiger partial charge >= 0.3 is 0 Å². The lowest BCUT2D eigenvalue weighted by Gasteiger charge is -2.29. The van der Waals surface area contributed by atoms with Crippen molar-refractivity contribution < 1.29 is 4.74 Å². The van der Waals surface area contributed by atoms with Gasteiger partial charge in [0, 0.05) is 36.8 Å². The summed E-state index contributed by atoms with van der Waals surface area (Å²) in [5.74, 6) is 2.49. The molecule has 8 nitrogen and oxygen atoms in total. The molecule has 2 aromatic carbocycles. The molecule has 0 bridgehead atoms. The highest BCUT2D eigenvalue weighted by atomic mass is 16.5. The Kier molecular flexibility index (Phi) is 3.69. The molecule has 0 atom stereocenters. The molecule has 5 heterocycles. The van der Waals surface area contributed by atoms with Crippen LogP contribution >= 0.6 is 0 Å². The van der Waals surface area contributed by atoms with Crippen LogP contribution in [-0.4, -0.2) is 56.0 Å². The van der Waals surface area contributed by atoms with Gasteiger partial charge in [-0.25, -0.2) is 9.97 Å². The number of hydrogen-bond acceptors (Lipinski definition) is 6. The maximum Gasteiger partial charge on any atom is 0.183 e. The number of hydrogen-bond donors (Lipinski definition) is 1. The first-order chi connectivity index (χ1) is 15.8. The molecular formula is C24H21N7O. The van der Waals surface area contributed by atoms with Crippen LogP contribution < -0.4 is 4.90 Å². The first-order valence-electron chi connectivity index (χ1n) is 10.9. The highest BCUT2D eigenvalue weighted by molar-refractivity contribution is 5.99. The molecule has 158 valence electrons. The predicted octanol–water partition coefficient (Wildman–Crippen LogP) is 3.41. The van der Waals surface area contributed by atoms with Crippen molar-refractivity contribution in [2.45, 2.75) is 13.3 Å². The summed E-state index contributed by atoms with van der Waals surface area (Å²) in [6, 6.07) is 12.8. The number of aromatic nitrogens is 6. The van der Waals surface area contributed by atoms with Crippen molar-refractivity contribution in [1.82, 2.24) is 29.7 Å². The number of aryl methyl sites for hydroxylation is 1. The zero-order valence-corrected chi connectivity index (χ0v) is 17.7. The largest absolute Gasteiger partial charge is 0.378 e. The number of benzene rings is 2. The van der Waals surface area contributed by atoms with Crippen LogP contribution in [0.15, 0.2) is 42.6 Å². The maximum absolute atomic E-state index is 5.58. The van der Waals surface area contributed by atoms with Crippen LogP contribution in [0.3, 0.4) is 0 Å². The molecule has 5 aromatic rings. The number of aromatic amines is 1. The minimum Gasteiger partial charge on any atom is -0.378 e. The van der Waals surface area contributed by atoms with E-state index in [2.05, 4.69) is 66.0 Å². The van der Waals surface area contributed by atoms with E-state index in [-0.39, 0.29) is 0 Å². The highest BCUT2D eigenvalue weighted by Gasteiger charge is 2.26. The molecule has 1 fully saturated rings. The van der Waals surface area contributed by atoms with Crippen molar-refractivity contribution in [1.29, 1.82) is 0 Å². The van der Waals surface area contributed by atoms with E-state index in [1.165, 1.54) is 10.9 Å². The van der Waals surface area contributed by atoms with Crippen molar-refractivity contribution >= 4 is 27.6 Å². The average molecular weight is 423 g/mol. The van der Waals surface area contributed by atoms with E-state index >= 15 is 0 Å². The summed E-state index contributed by atoms with van der Waals surface area (Å²) in [4.78, 5) is 16.7. The van der Waals surface area contributed by atoms with Crippen molar-refractivity contribution in [3.63, 3.8) is 0 Å². The molecule has 2 aliphatic rings. The van der Waals surface area contributed by atoms with E-state index in [0.717, 1.165) is 77.9 Å². The van der Waals surface area contributed by atoms with Crippen molar-refractivity contribution in [3.8, 4) is 17.1 Å².